The quantitative estimate of drug-likeness (QED) is 0.430. The Bertz CT molecular complexity index is 1390. The number of amides is 1. The number of pyridine rings is 1. The van der Waals surface area contributed by atoms with Gasteiger partial charge in [-0.25, -0.2) is 9.50 Å². The summed E-state index contributed by atoms with van der Waals surface area (Å²) in [4.78, 5) is 31.1. The van der Waals surface area contributed by atoms with E-state index in [1.54, 1.807) is 45.3 Å². The van der Waals surface area contributed by atoms with Gasteiger partial charge < -0.3 is 14.8 Å². The summed E-state index contributed by atoms with van der Waals surface area (Å²) in [5, 5.41) is 7.85. The van der Waals surface area contributed by atoms with E-state index in [1.807, 2.05) is 30.4 Å². The van der Waals surface area contributed by atoms with E-state index < -0.39 is 18.6 Å². The molecule has 4 aromatic rings. The second kappa shape index (κ2) is 9.39. The minimum Gasteiger partial charge on any atom is -0.342 e. The molecule has 0 aromatic carbocycles. The van der Waals surface area contributed by atoms with E-state index in [1.165, 1.54) is 6.07 Å². The number of likely N-dealkylation sites (N-methyl/N-ethyl adjacent to an activating group) is 1. The Hall–Kier alpha value is -3.51. The van der Waals surface area contributed by atoms with Crippen LogP contribution >= 0.6 is 11.3 Å². The molecule has 1 amide bonds. The van der Waals surface area contributed by atoms with Crippen molar-refractivity contribution in [3.8, 4) is 22.3 Å². The molecule has 4 aromatic heterocycles. The van der Waals surface area contributed by atoms with Crippen molar-refractivity contribution in [2.45, 2.75) is 12.7 Å². The molecule has 0 spiro atoms. The number of hydrogen-bond donors (Lipinski definition) is 1. The Morgan fingerprint density at radius 3 is 2.68 bits per heavy atom. The summed E-state index contributed by atoms with van der Waals surface area (Å²) in [6.45, 7) is -0.0553. The lowest BCUT2D eigenvalue weighted by molar-refractivity contribution is -0.123. The predicted octanol–water partition coefficient (Wildman–Crippen LogP) is 3.14. The smallest absolute Gasteiger partial charge is 0.342 e. The Balaban J connectivity index is 1.55. The van der Waals surface area contributed by atoms with Gasteiger partial charge in [0.15, 0.2) is 5.65 Å². The summed E-state index contributed by atoms with van der Waals surface area (Å²) in [7, 11) is 3.89. The highest BCUT2D eigenvalue weighted by Crippen LogP contribution is 2.29. The second-order valence-corrected chi connectivity index (χ2v) is 8.83. The van der Waals surface area contributed by atoms with Crippen molar-refractivity contribution in [3.63, 3.8) is 0 Å². The molecule has 0 aliphatic heterocycles. The van der Waals surface area contributed by atoms with Crippen LogP contribution in [0.15, 0.2) is 53.2 Å². The standard InChI is InChI=1S/C22H21F3N6O2S/c1-29(2)5-6-30-4-3-14(8-19(30)32)16-9-26-20-17(10-28-31(20)11-16)15-7-18(34-12-15)21(33)27-13-22(23,24)25/h3-4,7-12H,5-6,13H2,1-2H3,(H,27,33). The first-order valence-electron chi connectivity index (χ1n) is 10.2. The number of aromatic nitrogens is 4. The molecule has 0 unspecified atom stereocenters. The van der Waals surface area contributed by atoms with Crippen molar-refractivity contribution >= 4 is 22.9 Å². The number of carbonyl (C=O) groups excluding carboxylic acids is 1. The van der Waals surface area contributed by atoms with Crippen LogP contribution in [-0.2, 0) is 6.54 Å². The lowest BCUT2D eigenvalue weighted by atomic mass is 10.1. The molecule has 0 atom stereocenters. The van der Waals surface area contributed by atoms with Crippen LogP contribution in [-0.4, -0.2) is 63.3 Å². The largest absolute Gasteiger partial charge is 0.405 e. The van der Waals surface area contributed by atoms with Gasteiger partial charge in [0, 0.05) is 48.9 Å². The van der Waals surface area contributed by atoms with E-state index in [2.05, 4.69) is 10.1 Å². The van der Waals surface area contributed by atoms with Gasteiger partial charge in [0.2, 0.25) is 0 Å². The van der Waals surface area contributed by atoms with Crippen molar-refractivity contribution in [3.05, 3.63) is 63.6 Å². The van der Waals surface area contributed by atoms with Gasteiger partial charge in [0.05, 0.1) is 11.1 Å². The summed E-state index contributed by atoms with van der Waals surface area (Å²) < 4.78 is 40.2. The van der Waals surface area contributed by atoms with Crippen LogP contribution in [0.4, 0.5) is 13.2 Å². The van der Waals surface area contributed by atoms with Gasteiger partial charge in [-0.1, -0.05) is 0 Å². The maximum absolute atomic E-state index is 12.4. The number of halogens is 3. The second-order valence-electron chi connectivity index (χ2n) is 7.92. The number of nitrogens with one attached hydrogen (secondary N) is 1. The van der Waals surface area contributed by atoms with Crippen molar-refractivity contribution < 1.29 is 18.0 Å². The Morgan fingerprint density at radius 1 is 1.18 bits per heavy atom. The molecule has 0 aliphatic rings. The average Bonchev–Trinajstić information content (AvgIpc) is 3.42. The molecule has 0 aliphatic carbocycles. The minimum atomic E-state index is -4.47. The maximum Gasteiger partial charge on any atom is 0.405 e. The normalized spacial score (nSPS) is 11.9. The lowest BCUT2D eigenvalue weighted by Gasteiger charge is -2.11. The fourth-order valence-corrected chi connectivity index (χ4v) is 4.09. The van der Waals surface area contributed by atoms with Gasteiger partial charge in [0.1, 0.15) is 6.54 Å². The number of hydrogen-bond acceptors (Lipinski definition) is 6. The monoisotopic (exact) mass is 490 g/mol. The van der Waals surface area contributed by atoms with Crippen LogP contribution in [0.3, 0.4) is 0 Å². The molecule has 8 nitrogen and oxygen atoms in total. The van der Waals surface area contributed by atoms with E-state index in [9.17, 15) is 22.8 Å². The van der Waals surface area contributed by atoms with Gasteiger partial charge >= 0.3 is 6.18 Å². The lowest BCUT2D eigenvalue weighted by Crippen LogP contribution is -2.33. The summed E-state index contributed by atoms with van der Waals surface area (Å²) in [5.41, 5.74) is 3.07. The number of thiophene rings is 1. The van der Waals surface area contributed by atoms with Crippen LogP contribution < -0.4 is 10.9 Å². The van der Waals surface area contributed by atoms with Crippen LogP contribution in [0.1, 0.15) is 9.67 Å². The number of alkyl halides is 3. The highest BCUT2D eigenvalue weighted by Gasteiger charge is 2.28. The Labute approximate surface area is 196 Å². The number of fused-ring (bicyclic) bond motifs is 1. The van der Waals surface area contributed by atoms with Crippen molar-refractivity contribution in [2.75, 3.05) is 27.2 Å². The highest BCUT2D eigenvalue weighted by molar-refractivity contribution is 7.12. The first-order chi connectivity index (χ1) is 16.1. The zero-order chi connectivity index (χ0) is 24.5. The summed E-state index contributed by atoms with van der Waals surface area (Å²) >= 11 is 1.04. The number of rotatable bonds is 7. The third-order valence-corrected chi connectivity index (χ3v) is 5.99. The molecular formula is C22H21F3N6O2S. The molecule has 178 valence electrons. The SMILES string of the molecule is CN(C)CCn1ccc(-c2cnc3c(-c4csc(C(=O)NCC(F)(F)F)c4)cnn3c2)cc1=O. The first kappa shape index (κ1) is 23.6. The first-order valence-corrected chi connectivity index (χ1v) is 11.1. The van der Waals surface area contributed by atoms with E-state index in [-0.39, 0.29) is 10.4 Å². The maximum atomic E-state index is 12.4. The molecule has 0 saturated heterocycles. The van der Waals surface area contributed by atoms with E-state index >= 15 is 0 Å². The molecule has 4 heterocycles. The van der Waals surface area contributed by atoms with E-state index in [4.69, 9.17) is 0 Å². The Morgan fingerprint density at radius 2 is 1.97 bits per heavy atom. The summed E-state index contributed by atoms with van der Waals surface area (Å²) in [6.07, 6.45) is 2.22. The highest BCUT2D eigenvalue weighted by atomic mass is 32.1. The molecule has 0 radical (unpaired) electrons. The van der Waals surface area contributed by atoms with Gasteiger partial charge in [-0.15, -0.1) is 11.3 Å². The molecule has 12 heteroatoms. The minimum absolute atomic E-state index is 0.116. The van der Waals surface area contributed by atoms with E-state index in [0.717, 1.165) is 17.9 Å². The van der Waals surface area contributed by atoms with Crippen LogP contribution in [0, 0.1) is 0 Å². The van der Waals surface area contributed by atoms with Crippen molar-refractivity contribution in [2.24, 2.45) is 0 Å². The summed E-state index contributed by atoms with van der Waals surface area (Å²) in [6, 6.07) is 4.90. The fraction of sp³-hybridized carbons (Fsp3) is 0.273. The molecule has 4 rings (SSSR count). The molecule has 0 fully saturated rings. The third-order valence-electron chi connectivity index (χ3n) is 5.06. The topological polar surface area (TPSA) is 84.5 Å². The van der Waals surface area contributed by atoms with Gasteiger partial charge in [0.25, 0.3) is 11.5 Å². The molecule has 0 saturated carbocycles. The predicted molar refractivity (Wildman–Crippen MR) is 123 cm³/mol. The third kappa shape index (κ3) is 5.34. The van der Waals surface area contributed by atoms with E-state index in [0.29, 0.717) is 34.4 Å². The zero-order valence-corrected chi connectivity index (χ0v) is 19.2. The molecule has 1 N–H and O–H groups in total. The van der Waals surface area contributed by atoms with Crippen LogP contribution in [0.25, 0.3) is 27.9 Å². The fourth-order valence-electron chi connectivity index (χ4n) is 3.27. The number of nitrogens with zero attached hydrogens (tertiary/aromatic N) is 5. The zero-order valence-electron chi connectivity index (χ0n) is 18.3. The molecular weight excluding hydrogens is 469 g/mol. The molecule has 0 bridgehead atoms. The van der Waals surface area contributed by atoms with Gasteiger partial charge in [-0.05, 0) is 42.7 Å². The average molecular weight is 491 g/mol. The molecule has 34 heavy (non-hydrogen) atoms. The summed E-state index contributed by atoms with van der Waals surface area (Å²) in [5.74, 6) is -0.791. The van der Waals surface area contributed by atoms with Crippen LogP contribution in [0.5, 0.6) is 0 Å². The Kier molecular flexibility index (Phi) is 6.53. The van der Waals surface area contributed by atoms with Gasteiger partial charge in [-0.3, -0.25) is 9.59 Å². The number of carbonyl (C=O) groups is 1. The van der Waals surface area contributed by atoms with Gasteiger partial charge in [-0.2, -0.15) is 18.3 Å². The van der Waals surface area contributed by atoms with Crippen molar-refractivity contribution in [1.82, 2.24) is 29.4 Å². The van der Waals surface area contributed by atoms with Crippen LogP contribution in [0.2, 0.25) is 0 Å². The van der Waals surface area contributed by atoms with Crippen molar-refractivity contribution in [1.29, 1.82) is 0 Å².